The smallest absolute Gasteiger partial charge is 0.223 e. The minimum absolute atomic E-state index is 0.273. The number of H-pyrrole nitrogens is 1. The van der Waals surface area contributed by atoms with Crippen molar-refractivity contribution < 1.29 is 4.79 Å². The fourth-order valence-corrected chi connectivity index (χ4v) is 4.25. The molecule has 19 heavy (non-hydrogen) atoms. The molecule has 0 bridgehead atoms. The third-order valence-electron chi connectivity index (χ3n) is 4.46. The molecule has 1 amide bonds. The van der Waals surface area contributed by atoms with E-state index in [9.17, 15) is 4.79 Å². The summed E-state index contributed by atoms with van der Waals surface area (Å²) in [6.45, 7) is 0.713. The molecule has 0 unspecified atom stereocenters. The van der Waals surface area contributed by atoms with Crippen molar-refractivity contribution in [3.05, 3.63) is 6.20 Å². The molecule has 0 aromatic carbocycles. The molecule has 0 radical (unpaired) electrons. The Morgan fingerprint density at radius 3 is 3.21 bits per heavy atom. The predicted molar refractivity (Wildman–Crippen MR) is 73.7 cm³/mol. The van der Waals surface area contributed by atoms with Gasteiger partial charge in [-0.1, -0.05) is 12.8 Å². The highest BCUT2D eigenvalue weighted by Gasteiger charge is 2.42. The van der Waals surface area contributed by atoms with Crippen LogP contribution in [0.2, 0.25) is 0 Å². The highest BCUT2D eigenvalue weighted by molar-refractivity contribution is 7.99. The van der Waals surface area contributed by atoms with Gasteiger partial charge in [-0.3, -0.25) is 4.79 Å². The second-order valence-electron chi connectivity index (χ2n) is 5.49. The summed E-state index contributed by atoms with van der Waals surface area (Å²) in [5.74, 6) is 2.90. The lowest BCUT2D eigenvalue weighted by Crippen LogP contribution is -2.34. The van der Waals surface area contributed by atoms with E-state index in [1.807, 2.05) is 0 Å². The van der Waals surface area contributed by atoms with Crippen LogP contribution in [0.3, 0.4) is 0 Å². The number of hydrogen-bond donors (Lipinski definition) is 2. The number of hydrogen-bond acceptors (Lipinski definition) is 4. The summed E-state index contributed by atoms with van der Waals surface area (Å²) in [5, 5.41) is 14.3. The van der Waals surface area contributed by atoms with E-state index in [2.05, 4.69) is 20.7 Å². The van der Waals surface area contributed by atoms with Crippen LogP contribution in [0.25, 0.3) is 0 Å². The Balaban J connectivity index is 1.39. The largest absolute Gasteiger partial charge is 0.355 e. The molecule has 3 atom stereocenters. The van der Waals surface area contributed by atoms with Crippen molar-refractivity contribution in [2.45, 2.75) is 37.1 Å². The van der Waals surface area contributed by atoms with Crippen molar-refractivity contribution in [1.82, 2.24) is 20.7 Å². The molecule has 0 saturated heterocycles. The molecule has 1 heterocycles. The Morgan fingerprint density at radius 1 is 1.42 bits per heavy atom. The molecule has 2 aliphatic carbocycles. The van der Waals surface area contributed by atoms with Crippen LogP contribution < -0.4 is 5.32 Å². The van der Waals surface area contributed by atoms with E-state index in [4.69, 9.17) is 0 Å². The van der Waals surface area contributed by atoms with Gasteiger partial charge in [-0.25, -0.2) is 0 Å². The van der Waals surface area contributed by atoms with Gasteiger partial charge in [0.15, 0.2) is 0 Å². The molecule has 1 aromatic heterocycles. The summed E-state index contributed by atoms with van der Waals surface area (Å²) in [7, 11) is 0. The summed E-state index contributed by atoms with van der Waals surface area (Å²) in [6.07, 6.45) is 7.98. The Bertz CT molecular complexity index is 422. The molecular weight excluding hydrogens is 260 g/mol. The topological polar surface area (TPSA) is 70.7 Å². The summed E-state index contributed by atoms with van der Waals surface area (Å²) < 4.78 is 0. The lowest BCUT2D eigenvalue weighted by molar-refractivity contribution is -0.126. The Kier molecular flexibility index (Phi) is 4.06. The second kappa shape index (κ2) is 5.94. The Morgan fingerprint density at radius 2 is 2.37 bits per heavy atom. The minimum atomic E-state index is 0.273. The van der Waals surface area contributed by atoms with E-state index in [-0.39, 0.29) is 11.8 Å². The molecule has 5 nitrogen and oxygen atoms in total. The van der Waals surface area contributed by atoms with Gasteiger partial charge in [0.1, 0.15) is 5.03 Å². The average molecular weight is 280 g/mol. The van der Waals surface area contributed by atoms with Crippen LogP contribution in [0.4, 0.5) is 0 Å². The van der Waals surface area contributed by atoms with Crippen LogP contribution >= 0.6 is 11.8 Å². The van der Waals surface area contributed by atoms with Crippen LogP contribution in [0.1, 0.15) is 32.1 Å². The van der Waals surface area contributed by atoms with Crippen molar-refractivity contribution in [1.29, 1.82) is 0 Å². The first-order valence-corrected chi connectivity index (χ1v) is 8.09. The fourth-order valence-electron chi connectivity index (χ4n) is 3.61. The number of aromatic nitrogens is 3. The van der Waals surface area contributed by atoms with Crippen LogP contribution in [0.5, 0.6) is 0 Å². The van der Waals surface area contributed by atoms with Crippen molar-refractivity contribution in [2.24, 2.45) is 17.8 Å². The number of rotatable bonds is 5. The zero-order chi connectivity index (χ0) is 13.1. The van der Waals surface area contributed by atoms with Crippen LogP contribution in [-0.2, 0) is 4.79 Å². The summed E-state index contributed by atoms with van der Waals surface area (Å²) in [5.41, 5.74) is 0. The van der Waals surface area contributed by atoms with Gasteiger partial charge >= 0.3 is 0 Å². The third kappa shape index (κ3) is 2.94. The van der Waals surface area contributed by atoms with Gasteiger partial charge in [-0.05, 0) is 31.1 Å². The van der Waals surface area contributed by atoms with Crippen molar-refractivity contribution >= 4 is 17.7 Å². The minimum Gasteiger partial charge on any atom is -0.355 e. The van der Waals surface area contributed by atoms with E-state index in [0.717, 1.165) is 23.1 Å². The quantitative estimate of drug-likeness (QED) is 0.638. The highest BCUT2D eigenvalue weighted by atomic mass is 32.2. The number of aromatic amines is 1. The lowest BCUT2D eigenvalue weighted by Gasteiger charge is -2.17. The Labute approximate surface area is 117 Å². The van der Waals surface area contributed by atoms with E-state index < -0.39 is 0 Å². The van der Waals surface area contributed by atoms with Gasteiger partial charge in [0.05, 0.1) is 6.20 Å². The lowest BCUT2D eigenvalue weighted by atomic mass is 9.91. The molecule has 6 heteroatoms. The maximum absolute atomic E-state index is 12.2. The van der Waals surface area contributed by atoms with E-state index in [1.54, 1.807) is 18.0 Å². The second-order valence-corrected chi connectivity index (χ2v) is 6.60. The number of carbonyl (C=O) groups is 1. The van der Waals surface area contributed by atoms with E-state index in [0.29, 0.717) is 12.5 Å². The maximum atomic E-state index is 12.2. The Hall–Kier alpha value is -1.04. The standard InChI is InChI=1S/C13H20N4OS/c18-13(11-5-4-9-2-1-3-10(9)11)14-6-7-19-12-8-15-17-16-12/h8-11H,1-7H2,(H,14,18)(H,15,16,17)/t9-,10-,11-/m0/s1. The number of thioether (sulfide) groups is 1. The number of nitrogens with zero attached hydrogens (tertiary/aromatic N) is 2. The highest BCUT2D eigenvalue weighted by Crippen LogP contribution is 2.47. The molecule has 2 N–H and O–H groups in total. The van der Waals surface area contributed by atoms with Gasteiger partial charge < -0.3 is 5.32 Å². The summed E-state index contributed by atoms with van der Waals surface area (Å²) in [4.78, 5) is 12.2. The zero-order valence-electron chi connectivity index (χ0n) is 11.0. The van der Waals surface area contributed by atoms with Gasteiger partial charge in [0.2, 0.25) is 5.91 Å². The van der Waals surface area contributed by atoms with Gasteiger partial charge in [0.25, 0.3) is 0 Å². The number of carbonyl (C=O) groups excluding carboxylic acids is 1. The van der Waals surface area contributed by atoms with Crippen molar-refractivity contribution in [3.8, 4) is 0 Å². The first kappa shape index (κ1) is 13.0. The van der Waals surface area contributed by atoms with Gasteiger partial charge in [-0.2, -0.15) is 10.3 Å². The molecule has 1 aromatic rings. The van der Waals surface area contributed by atoms with Crippen molar-refractivity contribution in [3.63, 3.8) is 0 Å². The summed E-state index contributed by atoms with van der Waals surface area (Å²) >= 11 is 1.61. The molecule has 0 aliphatic heterocycles. The average Bonchev–Trinajstić information content (AvgIpc) is 3.10. The van der Waals surface area contributed by atoms with Crippen molar-refractivity contribution in [2.75, 3.05) is 12.3 Å². The van der Waals surface area contributed by atoms with Gasteiger partial charge in [0, 0.05) is 18.2 Å². The van der Waals surface area contributed by atoms with Crippen LogP contribution in [0, 0.1) is 17.8 Å². The molecular formula is C13H20N4OS. The molecule has 3 rings (SSSR count). The SMILES string of the molecule is O=C(NCCSc1cn[nH]n1)[C@H]1CC[C@@H]2CCC[C@@H]21. The van der Waals surface area contributed by atoms with Crippen LogP contribution in [-0.4, -0.2) is 33.6 Å². The normalized spacial score (nSPS) is 29.4. The first-order valence-electron chi connectivity index (χ1n) is 7.11. The number of nitrogens with one attached hydrogen (secondary N) is 2. The van der Waals surface area contributed by atoms with Crippen LogP contribution in [0.15, 0.2) is 11.2 Å². The summed E-state index contributed by atoms with van der Waals surface area (Å²) in [6, 6.07) is 0. The molecule has 0 spiro atoms. The maximum Gasteiger partial charge on any atom is 0.223 e. The number of amides is 1. The first-order chi connectivity index (χ1) is 9.34. The molecule has 2 aliphatic rings. The van der Waals surface area contributed by atoms with Gasteiger partial charge in [-0.15, -0.1) is 16.9 Å². The molecule has 2 saturated carbocycles. The predicted octanol–water partition coefficient (Wildman–Crippen LogP) is 1.84. The molecule has 104 valence electrons. The number of fused-ring (bicyclic) bond motifs is 1. The third-order valence-corrected chi connectivity index (χ3v) is 5.36. The van der Waals surface area contributed by atoms with E-state index >= 15 is 0 Å². The van der Waals surface area contributed by atoms with E-state index in [1.165, 1.54) is 25.7 Å². The zero-order valence-corrected chi connectivity index (χ0v) is 11.8. The fraction of sp³-hybridized carbons (Fsp3) is 0.769. The monoisotopic (exact) mass is 280 g/mol. The molecule has 2 fully saturated rings.